The van der Waals surface area contributed by atoms with E-state index in [9.17, 15) is 13.6 Å². The molecule has 1 amide bonds. The van der Waals surface area contributed by atoms with Crippen molar-refractivity contribution in [2.75, 3.05) is 0 Å². The van der Waals surface area contributed by atoms with Crippen LogP contribution in [0.1, 0.15) is 35.6 Å². The predicted molar refractivity (Wildman–Crippen MR) is 83.8 cm³/mol. The fraction of sp³-hybridized carbons (Fsp3) is 0.278. The molecule has 0 saturated heterocycles. The molecule has 3 nitrogen and oxygen atoms in total. The highest BCUT2D eigenvalue weighted by molar-refractivity contribution is 5.83. The van der Waals surface area contributed by atoms with Gasteiger partial charge in [-0.15, -0.1) is 0 Å². The van der Waals surface area contributed by atoms with E-state index in [1.54, 1.807) is 6.92 Å². The van der Waals surface area contributed by atoms with E-state index < -0.39 is 17.6 Å². The summed E-state index contributed by atoms with van der Waals surface area (Å²) in [6, 6.07) is 10.5. The van der Waals surface area contributed by atoms with Crippen LogP contribution in [0.2, 0.25) is 0 Å². The van der Waals surface area contributed by atoms with Crippen molar-refractivity contribution in [3.8, 4) is 0 Å². The summed E-state index contributed by atoms with van der Waals surface area (Å²) in [4.78, 5) is 12.4. The summed E-state index contributed by atoms with van der Waals surface area (Å²) >= 11 is 0. The van der Waals surface area contributed by atoms with Crippen molar-refractivity contribution >= 4 is 5.91 Å². The van der Waals surface area contributed by atoms with Crippen molar-refractivity contribution in [3.63, 3.8) is 0 Å². The molecule has 5 heteroatoms. The van der Waals surface area contributed by atoms with Gasteiger partial charge in [-0.2, -0.15) is 0 Å². The number of rotatable bonds is 3. The van der Waals surface area contributed by atoms with Crippen LogP contribution in [0.3, 0.4) is 0 Å². The molecule has 3 atom stereocenters. The first-order valence-electron chi connectivity index (χ1n) is 7.56. The molecule has 0 aliphatic heterocycles. The third kappa shape index (κ3) is 2.97. The molecule has 0 aromatic heterocycles. The van der Waals surface area contributed by atoms with Crippen LogP contribution < -0.4 is 11.1 Å². The summed E-state index contributed by atoms with van der Waals surface area (Å²) in [5, 5.41) is 2.89. The fourth-order valence-electron chi connectivity index (χ4n) is 3.07. The number of carbonyl (C=O) groups is 1. The zero-order chi connectivity index (χ0) is 16.6. The molecular formula is C18H18F2N2O. The Bertz CT molecular complexity index is 748. The highest BCUT2D eigenvalue weighted by Gasteiger charge is 2.32. The van der Waals surface area contributed by atoms with Crippen LogP contribution >= 0.6 is 0 Å². The lowest BCUT2D eigenvalue weighted by atomic mass is 9.98. The van der Waals surface area contributed by atoms with Crippen LogP contribution in [0.15, 0.2) is 42.5 Å². The largest absolute Gasteiger partial charge is 0.351 e. The van der Waals surface area contributed by atoms with Gasteiger partial charge in [0.05, 0.1) is 18.0 Å². The van der Waals surface area contributed by atoms with E-state index in [-0.39, 0.29) is 23.6 Å². The number of halogens is 2. The minimum absolute atomic E-state index is 0.174. The van der Waals surface area contributed by atoms with Gasteiger partial charge >= 0.3 is 0 Å². The molecular weight excluding hydrogens is 298 g/mol. The summed E-state index contributed by atoms with van der Waals surface area (Å²) in [5.74, 6) is -2.41. The molecule has 23 heavy (non-hydrogen) atoms. The van der Waals surface area contributed by atoms with Crippen LogP contribution in [0.25, 0.3) is 0 Å². The Labute approximate surface area is 133 Å². The van der Waals surface area contributed by atoms with Crippen molar-refractivity contribution in [3.05, 3.63) is 70.8 Å². The lowest BCUT2D eigenvalue weighted by molar-refractivity contribution is -0.123. The van der Waals surface area contributed by atoms with Crippen molar-refractivity contribution < 1.29 is 13.6 Å². The van der Waals surface area contributed by atoms with E-state index in [4.69, 9.17) is 5.73 Å². The van der Waals surface area contributed by atoms with E-state index in [1.807, 2.05) is 24.3 Å². The Morgan fingerprint density at radius 2 is 2.00 bits per heavy atom. The molecule has 0 heterocycles. The molecule has 3 N–H and O–H groups in total. The number of hydrogen-bond acceptors (Lipinski definition) is 2. The van der Waals surface area contributed by atoms with Gasteiger partial charge in [0, 0.05) is 11.6 Å². The molecule has 0 spiro atoms. The number of benzene rings is 2. The van der Waals surface area contributed by atoms with Gasteiger partial charge in [-0.25, -0.2) is 8.78 Å². The third-order valence-electron chi connectivity index (χ3n) is 4.44. The van der Waals surface area contributed by atoms with Crippen LogP contribution in [-0.4, -0.2) is 11.9 Å². The Morgan fingerprint density at radius 1 is 1.26 bits per heavy atom. The van der Waals surface area contributed by atoms with Crippen LogP contribution in [0, 0.1) is 11.6 Å². The molecule has 0 fully saturated rings. The van der Waals surface area contributed by atoms with Gasteiger partial charge in [0.2, 0.25) is 5.91 Å². The quantitative estimate of drug-likeness (QED) is 0.915. The van der Waals surface area contributed by atoms with E-state index in [0.29, 0.717) is 6.42 Å². The van der Waals surface area contributed by atoms with Gasteiger partial charge in [-0.1, -0.05) is 30.3 Å². The van der Waals surface area contributed by atoms with Crippen LogP contribution in [0.4, 0.5) is 8.78 Å². The minimum Gasteiger partial charge on any atom is -0.351 e. The monoisotopic (exact) mass is 316 g/mol. The number of amides is 1. The van der Waals surface area contributed by atoms with Gasteiger partial charge in [-0.3, -0.25) is 4.79 Å². The maximum atomic E-state index is 13.8. The predicted octanol–water partition coefficient (Wildman–Crippen LogP) is 2.81. The Kier molecular flexibility index (Phi) is 4.13. The second-order valence-corrected chi connectivity index (χ2v) is 5.93. The SMILES string of the molecule is C[C@H](C(=O)N[C@@H]1Cc2ccccc2[C@H]1N)c1ccc(F)cc1F. The number of hydrogen-bond donors (Lipinski definition) is 2. The second kappa shape index (κ2) is 6.08. The van der Waals surface area contributed by atoms with Crippen molar-refractivity contribution in [2.24, 2.45) is 5.73 Å². The Morgan fingerprint density at radius 3 is 2.70 bits per heavy atom. The summed E-state index contributed by atoms with van der Waals surface area (Å²) in [5.41, 5.74) is 8.51. The lowest BCUT2D eigenvalue weighted by Crippen LogP contribution is -2.42. The second-order valence-electron chi connectivity index (χ2n) is 5.93. The average Bonchev–Trinajstić information content (AvgIpc) is 2.83. The fourth-order valence-corrected chi connectivity index (χ4v) is 3.07. The maximum absolute atomic E-state index is 13.8. The molecule has 0 bridgehead atoms. The first-order valence-corrected chi connectivity index (χ1v) is 7.56. The molecule has 1 aliphatic rings. The molecule has 120 valence electrons. The topological polar surface area (TPSA) is 55.1 Å². The van der Waals surface area contributed by atoms with Crippen molar-refractivity contribution in [2.45, 2.75) is 31.3 Å². The van der Waals surface area contributed by atoms with Crippen LogP contribution in [0.5, 0.6) is 0 Å². The zero-order valence-corrected chi connectivity index (χ0v) is 12.7. The number of nitrogens with two attached hydrogens (primary N) is 1. The van der Waals surface area contributed by atoms with Crippen LogP contribution in [-0.2, 0) is 11.2 Å². The summed E-state index contributed by atoms with van der Waals surface area (Å²) in [6.07, 6.45) is 0.654. The Hall–Kier alpha value is -2.27. The van der Waals surface area contributed by atoms with Crippen molar-refractivity contribution in [1.82, 2.24) is 5.32 Å². The van der Waals surface area contributed by atoms with Gasteiger partial charge in [-0.05, 0) is 30.5 Å². The highest BCUT2D eigenvalue weighted by Crippen LogP contribution is 2.30. The van der Waals surface area contributed by atoms with E-state index >= 15 is 0 Å². The summed E-state index contributed by atoms with van der Waals surface area (Å²) in [6.45, 7) is 1.60. The molecule has 2 aromatic carbocycles. The molecule has 1 aliphatic carbocycles. The molecule has 2 aromatic rings. The smallest absolute Gasteiger partial charge is 0.227 e. The lowest BCUT2D eigenvalue weighted by Gasteiger charge is -2.21. The Balaban J connectivity index is 1.73. The average molecular weight is 316 g/mol. The summed E-state index contributed by atoms with van der Waals surface area (Å²) < 4.78 is 26.8. The standard InChI is InChI=1S/C18H18F2N2O/c1-10(13-7-6-12(19)9-15(13)20)18(23)22-16-8-11-4-2-3-5-14(11)17(16)21/h2-7,9-10,16-17H,8,21H2,1H3,(H,22,23)/t10-,16+,17+/m0/s1. The zero-order valence-electron chi connectivity index (χ0n) is 12.7. The van der Waals surface area contributed by atoms with Gasteiger partial charge in [0.15, 0.2) is 0 Å². The normalized spacial score (nSPS) is 20.9. The molecule has 0 unspecified atom stereocenters. The highest BCUT2D eigenvalue weighted by atomic mass is 19.1. The van der Waals surface area contributed by atoms with E-state index in [1.165, 1.54) is 6.07 Å². The first-order chi connectivity index (χ1) is 11.0. The van der Waals surface area contributed by atoms with Gasteiger partial charge in [0.25, 0.3) is 0 Å². The molecule has 3 rings (SSSR count). The number of nitrogens with one attached hydrogen (secondary N) is 1. The van der Waals surface area contributed by atoms with Gasteiger partial charge in [0.1, 0.15) is 11.6 Å². The minimum atomic E-state index is -0.716. The molecule has 0 radical (unpaired) electrons. The van der Waals surface area contributed by atoms with Gasteiger partial charge < -0.3 is 11.1 Å². The van der Waals surface area contributed by atoms with Crippen molar-refractivity contribution in [1.29, 1.82) is 0 Å². The first kappa shape index (κ1) is 15.6. The van der Waals surface area contributed by atoms with E-state index in [2.05, 4.69) is 5.32 Å². The number of carbonyl (C=O) groups excluding carboxylic acids is 1. The van der Waals surface area contributed by atoms with E-state index in [0.717, 1.165) is 23.3 Å². The third-order valence-corrected chi connectivity index (χ3v) is 4.44. The molecule has 0 saturated carbocycles. The summed E-state index contributed by atoms with van der Waals surface area (Å²) in [7, 11) is 0. The number of fused-ring (bicyclic) bond motifs is 1. The maximum Gasteiger partial charge on any atom is 0.227 e.